The predicted octanol–water partition coefficient (Wildman–Crippen LogP) is 3.35. The quantitative estimate of drug-likeness (QED) is 0.782. The molecule has 2 aromatic rings. The SMILES string of the molecule is CCCNC(=O)c1ccc(NCCN2CCc3c(Cl)cccc3C2)nc1. The van der Waals surface area contributed by atoms with Crippen LogP contribution in [0.5, 0.6) is 0 Å². The molecule has 1 aromatic heterocycles. The molecule has 1 aromatic carbocycles. The highest BCUT2D eigenvalue weighted by Gasteiger charge is 2.17. The molecular weight excluding hydrogens is 348 g/mol. The first kappa shape index (κ1) is 18.7. The number of carbonyl (C=O) groups is 1. The molecule has 0 aliphatic carbocycles. The van der Waals surface area contributed by atoms with Gasteiger partial charge in [0.1, 0.15) is 5.82 Å². The molecule has 3 rings (SSSR count). The van der Waals surface area contributed by atoms with Crippen LogP contribution in [0.2, 0.25) is 5.02 Å². The second kappa shape index (κ2) is 9.01. The summed E-state index contributed by atoms with van der Waals surface area (Å²) < 4.78 is 0. The van der Waals surface area contributed by atoms with E-state index in [1.165, 1.54) is 11.1 Å². The summed E-state index contributed by atoms with van der Waals surface area (Å²) in [4.78, 5) is 18.6. The molecule has 0 unspecified atom stereocenters. The van der Waals surface area contributed by atoms with Crippen molar-refractivity contribution in [2.45, 2.75) is 26.3 Å². The van der Waals surface area contributed by atoms with E-state index < -0.39 is 0 Å². The Balaban J connectivity index is 1.46. The number of amides is 1. The molecule has 138 valence electrons. The number of carbonyl (C=O) groups excluding carboxylic acids is 1. The summed E-state index contributed by atoms with van der Waals surface area (Å²) >= 11 is 6.27. The number of aromatic nitrogens is 1. The van der Waals surface area contributed by atoms with Gasteiger partial charge in [0, 0.05) is 43.9 Å². The van der Waals surface area contributed by atoms with Crippen molar-refractivity contribution in [3.05, 3.63) is 58.2 Å². The predicted molar refractivity (Wildman–Crippen MR) is 106 cm³/mol. The Morgan fingerprint density at radius 3 is 2.92 bits per heavy atom. The van der Waals surface area contributed by atoms with E-state index in [0.717, 1.165) is 49.9 Å². The van der Waals surface area contributed by atoms with Crippen LogP contribution in [-0.2, 0) is 13.0 Å². The molecular formula is C20H25ClN4O. The molecule has 0 bridgehead atoms. The molecule has 2 N–H and O–H groups in total. The van der Waals surface area contributed by atoms with Gasteiger partial charge in [-0.3, -0.25) is 9.69 Å². The molecule has 2 heterocycles. The summed E-state index contributed by atoms with van der Waals surface area (Å²) in [7, 11) is 0. The molecule has 0 fully saturated rings. The Morgan fingerprint density at radius 1 is 1.27 bits per heavy atom. The van der Waals surface area contributed by atoms with Crippen LogP contribution in [0, 0.1) is 0 Å². The van der Waals surface area contributed by atoms with Gasteiger partial charge in [-0.1, -0.05) is 30.7 Å². The maximum atomic E-state index is 11.9. The fourth-order valence-corrected chi connectivity index (χ4v) is 3.42. The van der Waals surface area contributed by atoms with Gasteiger partial charge in [0.15, 0.2) is 0 Å². The van der Waals surface area contributed by atoms with Gasteiger partial charge in [0.2, 0.25) is 0 Å². The first-order chi connectivity index (χ1) is 12.7. The third kappa shape index (κ3) is 4.74. The van der Waals surface area contributed by atoms with Crippen molar-refractivity contribution in [3.63, 3.8) is 0 Å². The molecule has 0 saturated heterocycles. The summed E-state index contributed by atoms with van der Waals surface area (Å²) in [6.45, 7) is 6.41. The van der Waals surface area contributed by atoms with Gasteiger partial charge >= 0.3 is 0 Å². The summed E-state index contributed by atoms with van der Waals surface area (Å²) in [5.41, 5.74) is 3.20. The van der Waals surface area contributed by atoms with Gasteiger partial charge < -0.3 is 10.6 Å². The molecule has 0 saturated carbocycles. The zero-order valence-electron chi connectivity index (χ0n) is 15.1. The first-order valence-corrected chi connectivity index (χ1v) is 9.52. The average Bonchev–Trinajstić information content (AvgIpc) is 2.67. The van der Waals surface area contributed by atoms with E-state index in [4.69, 9.17) is 11.6 Å². The maximum absolute atomic E-state index is 11.9. The third-order valence-corrected chi connectivity index (χ3v) is 4.94. The van der Waals surface area contributed by atoms with E-state index in [-0.39, 0.29) is 5.91 Å². The number of pyridine rings is 1. The molecule has 6 heteroatoms. The second-order valence-electron chi connectivity index (χ2n) is 6.52. The first-order valence-electron chi connectivity index (χ1n) is 9.14. The van der Waals surface area contributed by atoms with Crippen molar-refractivity contribution in [1.82, 2.24) is 15.2 Å². The smallest absolute Gasteiger partial charge is 0.252 e. The molecule has 1 aliphatic rings. The van der Waals surface area contributed by atoms with Gasteiger partial charge in [-0.25, -0.2) is 4.98 Å². The number of rotatable bonds is 7. The summed E-state index contributed by atoms with van der Waals surface area (Å²) in [6, 6.07) is 9.80. The minimum Gasteiger partial charge on any atom is -0.369 e. The number of nitrogens with zero attached hydrogens (tertiary/aromatic N) is 2. The van der Waals surface area contributed by atoms with Crippen molar-refractivity contribution in [2.75, 3.05) is 31.5 Å². The zero-order chi connectivity index (χ0) is 18.4. The lowest BCUT2D eigenvalue weighted by Gasteiger charge is -2.29. The van der Waals surface area contributed by atoms with Gasteiger partial charge in [0.05, 0.1) is 5.56 Å². The standard InChI is InChI=1S/C20H25ClN4O/c1-2-9-23-20(26)15-6-7-19(24-13-15)22-10-12-25-11-8-17-16(14-25)4-3-5-18(17)21/h3-7,13H,2,8-12,14H2,1H3,(H,22,24)(H,23,26). The fraction of sp³-hybridized carbons (Fsp3) is 0.400. The summed E-state index contributed by atoms with van der Waals surface area (Å²) in [6.07, 6.45) is 3.53. The van der Waals surface area contributed by atoms with E-state index >= 15 is 0 Å². The normalized spacial score (nSPS) is 13.9. The maximum Gasteiger partial charge on any atom is 0.252 e. The van der Waals surface area contributed by atoms with Crippen molar-refractivity contribution in [3.8, 4) is 0 Å². The van der Waals surface area contributed by atoms with Crippen LogP contribution in [0.25, 0.3) is 0 Å². The monoisotopic (exact) mass is 372 g/mol. The number of hydrogen-bond donors (Lipinski definition) is 2. The van der Waals surface area contributed by atoms with Crippen molar-refractivity contribution < 1.29 is 4.79 Å². The minimum atomic E-state index is -0.0726. The van der Waals surface area contributed by atoms with Crippen LogP contribution in [0.4, 0.5) is 5.82 Å². The molecule has 0 atom stereocenters. The Hall–Kier alpha value is -2.11. The molecule has 0 radical (unpaired) electrons. The average molecular weight is 373 g/mol. The largest absolute Gasteiger partial charge is 0.369 e. The van der Waals surface area contributed by atoms with Crippen molar-refractivity contribution in [2.24, 2.45) is 0 Å². The van der Waals surface area contributed by atoms with Crippen LogP contribution in [-0.4, -0.2) is 42.0 Å². The van der Waals surface area contributed by atoms with Crippen LogP contribution in [0.15, 0.2) is 36.5 Å². The highest BCUT2D eigenvalue weighted by Crippen LogP contribution is 2.25. The number of nitrogens with one attached hydrogen (secondary N) is 2. The van der Waals surface area contributed by atoms with Crippen LogP contribution in [0.3, 0.4) is 0 Å². The second-order valence-corrected chi connectivity index (χ2v) is 6.93. The van der Waals surface area contributed by atoms with Crippen LogP contribution >= 0.6 is 11.6 Å². The molecule has 5 nitrogen and oxygen atoms in total. The lowest BCUT2D eigenvalue weighted by atomic mass is 10.00. The van der Waals surface area contributed by atoms with Crippen molar-refractivity contribution >= 4 is 23.3 Å². The minimum absolute atomic E-state index is 0.0726. The Kier molecular flexibility index (Phi) is 6.47. The Bertz CT molecular complexity index is 748. The summed E-state index contributed by atoms with van der Waals surface area (Å²) in [5, 5.41) is 7.06. The summed E-state index contributed by atoms with van der Waals surface area (Å²) in [5.74, 6) is 0.717. The topological polar surface area (TPSA) is 57.3 Å². The fourth-order valence-electron chi connectivity index (χ4n) is 3.13. The van der Waals surface area contributed by atoms with E-state index in [2.05, 4.69) is 26.6 Å². The highest BCUT2D eigenvalue weighted by atomic mass is 35.5. The molecule has 1 aliphatic heterocycles. The molecule has 1 amide bonds. The molecule has 0 spiro atoms. The zero-order valence-corrected chi connectivity index (χ0v) is 15.9. The van der Waals surface area contributed by atoms with E-state index in [0.29, 0.717) is 12.1 Å². The molecule has 26 heavy (non-hydrogen) atoms. The lowest BCUT2D eigenvalue weighted by molar-refractivity contribution is 0.0953. The van der Waals surface area contributed by atoms with Gasteiger partial charge in [0.25, 0.3) is 5.91 Å². The number of halogens is 1. The lowest BCUT2D eigenvalue weighted by Crippen LogP contribution is -2.34. The highest BCUT2D eigenvalue weighted by molar-refractivity contribution is 6.31. The van der Waals surface area contributed by atoms with Crippen molar-refractivity contribution in [1.29, 1.82) is 0 Å². The number of fused-ring (bicyclic) bond motifs is 1. The number of anilines is 1. The number of benzene rings is 1. The van der Waals surface area contributed by atoms with E-state index in [1.54, 1.807) is 12.3 Å². The van der Waals surface area contributed by atoms with Crippen LogP contribution < -0.4 is 10.6 Å². The van der Waals surface area contributed by atoms with Gasteiger partial charge in [-0.05, 0) is 42.2 Å². The van der Waals surface area contributed by atoms with Crippen LogP contribution in [0.1, 0.15) is 34.8 Å². The third-order valence-electron chi connectivity index (χ3n) is 4.58. The van der Waals surface area contributed by atoms with E-state index in [1.807, 2.05) is 25.1 Å². The number of hydrogen-bond acceptors (Lipinski definition) is 4. The van der Waals surface area contributed by atoms with Gasteiger partial charge in [-0.15, -0.1) is 0 Å². The Morgan fingerprint density at radius 2 is 2.15 bits per heavy atom. The Labute approximate surface area is 159 Å². The van der Waals surface area contributed by atoms with Gasteiger partial charge in [-0.2, -0.15) is 0 Å². The van der Waals surface area contributed by atoms with E-state index in [9.17, 15) is 4.79 Å².